The summed E-state index contributed by atoms with van der Waals surface area (Å²) in [5.41, 5.74) is 6.65. The minimum Gasteiger partial charge on any atom is -0.493 e. The topological polar surface area (TPSA) is 86.5 Å². The lowest BCUT2D eigenvalue weighted by molar-refractivity contribution is 0.0636. The Bertz CT molecular complexity index is 647. The lowest BCUT2D eigenvalue weighted by Crippen LogP contribution is -2.27. The van der Waals surface area contributed by atoms with Crippen LogP contribution >= 0.6 is 11.3 Å². The van der Waals surface area contributed by atoms with Crippen molar-refractivity contribution in [3.8, 4) is 5.75 Å². The molecule has 6 nitrogen and oxygen atoms in total. The molecule has 7 heteroatoms. The quantitative estimate of drug-likeness (QED) is 0.814. The first kappa shape index (κ1) is 17.1. The maximum absolute atomic E-state index is 11.7. The number of carbonyl (C=O) groups excluding carboxylic acids is 1. The third-order valence-electron chi connectivity index (χ3n) is 2.67. The Labute approximate surface area is 139 Å². The van der Waals surface area contributed by atoms with Crippen molar-refractivity contribution in [2.24, 2.45) is 0 Å². The lowest BCUT2D eigenvalue weighted by atomic mass is 10.2. The molecule has 0 atom stereocenters. The molecule has 0 aliphatic rings. The van der Waals surface area contributed by atoms with Crippen LogP contribution in [-0.4, -0.2) is 23.3 Å². The van der Waals surface area contributed by atoms with Gasteiger partial charge in [-0.3, -0.25) is 5.32 Å². The van der Waals surface area contributed by atoms with E-state index in [9.17, 15) is 4.79 Å². The molecule has 124 valence electrons. The number of nitrogens with one attached hydrogen (secondary N) is 1. The van der Waals surface area contributed by atoms with E-state index in [0.717, 1.165) is 11.4 Å². The molecule has 0 radical (unpaired) electrons. The van der Waals surface area contributed by atoms with Crippen LogP contribution in [0.4, 0.5) is 15.6 Å². The molecule has 1 heterocycles. The number of nitrogens with two attached hydrogens (primary N) is 1. The van der Waals surface area contributed by atoms with Gasteiger partial charge in [-0.05, 0) is 45.0 Å². The second-order valence-corrected chi connectivity index (χ2v) is 6.80. The van der Waals surface area contributed by atoms with Crippen LogP contribution in [0.15, 0.2) is 29.6 Å². The number of carbonyl (C=O) groups is 1. The molecule has 0 unspecified atom stereocenters. The summed E-state index contributed by atoms with van der Waals surface area (Å²) < 4.78 is 10.8. The van der Waals surface area contributed by atoms with Crippen molar-refractivity contribution in [3.05, 3.63) is 35.3 Å². The van der Waals surface area contributed by atoms with E-state index >= 15 is 0 Å². The van der Waals surface area contributed by atoms with E-state index in [1.54, 1.807) is 12.1 Å². The van der Waals surface area contributed by atoms with Crippen LogP contribution in [0.2, 0.25) is 0 Å². The Balaban J connectivity index is 1.78. The Morgan fingerprint density at radius 1 is 1.30 bits per heavy atom. The predicted octanol–water partition coefficient (Wildman–Crippen LogP) is 3.69. The minimum atomic E-state index is -0.531. The van der Waals surface area contributed by atoms with E-state index in [1.165, 1.54) is 11.3 Å². The van der Waals surface area contributed by atoms with Gasteiger partial charge in [-0.15, -0.1) is 11.3 Å². The van der Waals surface area contributed by atoms with Crippen molar-refractivity contribution in [2.75, 3.05) is 17.7 Å². The van der Waals surface area contributed by atoms with Crippen molar-refractivity contribution in [2.45, 2.75) is 32.8 Å². The summed E-state index contributed by atoms with van der Waals surface area (Å²) in [5.74, 6) is 0.765. The fourth-order valence-electron chi connectivity index (χ4n) is 1.71. The highest BCUT2D eigenvalue weighted by Crippen LogP contribution is 2.18. The van der Waals surface area contributed by atoms with Crippen LogP contribution in [0.1, 0.15) is 26.5 Å². The zero-order chi connectivity index (χ0) is 16.9. The molecule has 1 aromatic carbocycles. The summed E-state index contributed by atoms with van der Waals surface area (Å²) in [6, 6.07) is 7.24. The Morgan fingerprint density at radius 3 is 2.65 bits per heavy atom. The lowest BCUT2D eigenvalue weighted by Gasteiger charge is -2.18. The number of nitrogen functional groups attached to an aromatic ring is 1. The standard InChI is InChI=1S/C16H21N3O3S/c1-16(2,3)22-15(20)19-14-18-12(10-23-14)8-9-21-13-6-4-11(17)5-7-13/h4-7,10H,8-9,17H2,1-3H3,(H,18,19,20). The first-order valence-corrected chi connectivity index (χ1v) is 8.12. The smallest absolute Gasteiger partial charge is 0.413 e. The van der Waals surface area contributed by atoms with Crippen molar-refractivity contribution in [1.82, 2.24) is 4.98 Å². The summed E-state index contributed by atoms with van der Waals surface area (Å²) >= 11 is 1.36. The molecule has 0 saturated heterocycles. The third kappa shape index (κ3) is 6.15. The summed E-state index contributed by atoms with van der Waals surface area (Å²) in [6.45, 7) is 5.94. The van der Waals surface area contributed by atoms with Crippen LogP contribution in [-0.2, 0) is 11.2 Å². The molecule has 2 aromatic rings. The summed E-state index contributed by atoms with van der Waals surface area (Å²) in [4.78, 5) is 16.0. The molecule has 0 aliphatic heterocycles. The van der Waals surface area contributed by atoms with Gasteiger partial charge in [0, 0.05) is 17.5 Å². The number of hydrogen-bond donors (Lipinski definition) is 2. The van der Waals surface area contributed by atoms with Crippen LogP contribution in [0, 0.1) is 0 Å². The number of aromatic nitrogens is 1. The van der Waals surface area contributed by atoms with Gasteiger partial charge in [-0.25, -0.2) is 9.78 Å². The van der Waals surface area contributed by atoms with Gasteiger partial charge in [0.15, 0.2) is 5.13 Å². The van der Waals surface area contributed by atoms with Crippen molar-refractivity contribution >= 4 is 28.2 Å². The predicted molar refractivity (Wildman–Crippen MR) is 92.0 cm³/mol. The number of rotatable bonds is 5. The van der Waals surface area contributed by atoms with Gasteiger partial charge in [0.1, 0.15) is 11.4 Å². The highest BCUT2D eigenvalue weighted by molar-refractivity contribution is 7.13. The number of ether oxygens (including phenoxy) is 2. The van der Waals surface area contributed by atoms with E-state index in [1.807, 2.05) is 38.3 Å². The zero-order valence-electron chi connectivity index (χ0n) is 13.5. The van der Waals surface area contributed by atoms with Crippen LogP contribution < -0.4 is 15.8 Å². The van der Waals surface area contributed by atoms with Gasteiger partial charge in [0.2, 0.25) is 0 Å². The third-order valence-corrected chi connectivity index (χ3v) is 3.47. The van der Waals surface area contributed by atoms with E-state index in [-0.39, 0.29) is 0 Å². The Kier molecular flexibility index (Phi) is 5.44. The SMILES string of the molecule is CC(C)(C)OC(=O)Nc1nc(CCOc2ccc(N)cc2)cs1. The molecule has 23 heavy (non-hydrogen) atoms. The number of hydrogen-bond acceptors (Lipinski definition) is 6. The first-order chi connectivity index (χ1) is 10.8. The van der Waals surface area contributed by atoms with Crippen molar-refractivity contribution in [1.29, 1.82) is 0 Å². The van der Waals surface area contributed by atoms with E-state index in [0.29, 0.717) is 23.8 Å². The largest absolute Gasteiger partial charge is 0.493 e. The molecule has 0 aliphatic carbocycles. The summed E-state index contributed by atoms with van der Waals surface area (Å²) in [7, 11) is 0. The van der Waals surface area contributed by atoms with Gasteiger partial charge in [-0.1, -0.05) is 0 Å². The van der Waals surface area contributed by atoms with E-state index in [4.69, 9.17) is 15.2 Å². The number of nitrogens with zero attached hydrogens (tertiary/aromatic N) is 1. The van der Waals surface area contributed by atoms with Gasteiger partial charge in [0.25, 0.3) is 0 Å². The van der Waals surface area contributed by atoms with Crippen molar-refractivity contribution < 1.29 is 14.3 Å². The summed E-state index contributed by atoms with van der Waals surface area (Å²) in [5, 5.41) is 5.03. The van der Waals surface area contributed by atoms with Gasteiger partial charge in [0.05, 0.1) is 12.3 Å². The number of thiazole rings is 1. The molecule has 0 spiro atoms. The molecule has 0 fully saturated rings. The highest BCUT2D eigenvalue weighted by Gasteiger charge is 2.17. The fourth-order valence-corrected chi connectivity index (χ4v) is 2.44. The maximum Gasteiger partial charge on any atom is 0.413 e. The second-order valence-electron chi connectivity index (χ2n) is 5.94. The van der Waals surface area contributed by atoms with Crippen molar-refractivity contribution in [3.63, 3.8) is 0 Å². The first-order valence-electron chi connectivity index (χ1n) is 7.24. The second kappa shape index (κ2) is 7.32. The summed E-state index contributed by atoms with van der Waals surface area (Å²) in [6.07, 6.45) is 0.146. The highest BCUT2D eigenvalue weighted by atomic mass is 32.1. The molecule has 3 N–H and O–H groups in total. The van der Waals surface area contributed by atoms with E-state index < -0.39 is 11.7 Å². The minimum absolute atomic E-state index is 0.500. The molecular formula is C16H21N3O3S. The van der Waals surface area contributed by atoms with Gasteiger partial charge in [-0.2, -0.15) is 0 Å². The van der Waals surface area contributed by atoms with Gasteiger partial charge < -0.3 is 15.2 Å². The van der Waals surface area contributed by atoms with Crippen LogP contribution in [0.5, 0.6) is 5.75 Å². The molecule has 2 rings (SSSR count). The molecule has 0 bridgehead atoms. The monoisotopic (exact) mass is 335 g/mol. The number of benzene rings is 1. The maximum atomic E-state index is 11.7. The molecule has 1 aromatic heterocycles. The molecule has 0 saturated carbocycles. The van der Waals surface area contributed by atoms with Gasteiger partial charge >= 0.3 is 6.09 Å². The Morgan fingerprint density at radius 2 is 2.00 bits per heavy atom. The van der Waals surface area contributed by atoms with E-state index in [2.05, 4.69) is 10.3 Å². The Hall–Kier alpha value is -2.28. The average Bonchev–Trinajstić information content (AvgIpc) is 2.86. The number of amides is 1. The van der Waals surface area contributed by atoms with Crippen LogP contribution in [0.3, 0.4) is 0 Å². The number of anilines is 2. The molecule has 1 amide bonds. The molecular weight excluding hydrogens is 314 g/mol. The van der Waals surface area contributed by atoms with Crippen LogP contribution in [0.25, 0.3) is 0 Å². The normalized spacial score (nSPS) is 11.1. The zero-order valence-corrected chi connectivity index (χ0v) is 14.3. The fraction of sp³-hybridized carbons (Fsp3) is 0.375. The average molecular weight is 335 g/mol.